The highest BCUT2D eigenvalue weighted by atomic mass is 35.5. The molecule has 1 aromatic rings. The highest BCUT2D eigenvalue weighted by molar-refractivity contribution is 6.22. The third kappa shape index (κ3) is 2.71. The van der Waals surface area contributed by atoms with Gasteiger partial charge in [0.1, 0.15) is 11.2 Å². The summed E-state index contributed by atoms with van der Waals surface area (Å²) in [5, 5.41) is 7.95. The molecule has 0 aromatic heterocycles. The number of nitriles is 1. The maximum absolute atomic E-state index is 12.7. The first-order valence-electron chi connectivity index (χ1n) is 3.92. The first kappa shape index (κ1) is 10.0. The molecule has 1 rings (SSSR count). The van der Waals surface area contributed by atoms with Crippen molar-refractivity contribution < 1.29 is 4.39 Å². The summed E-state index contributed by atoms with van der Waals surface area (Å²) in [5.74, 6) is -0.260. The second kappa shape index (κ2) is 4.25. The van der Waals surface area contributed by atoms with E-state index < -0.39 is 5.38 Å². The van der Waals surface area contributed by atoms with Crippen LogP contribution in [0.2, 0.25) is 0 Å². The zero-order valence-corrected chi connectivity index (χ0v) is 7.98. The van der Waals surface area contributed by atoms with Crippen LogP contribution in [-0.2, 0) is 6.42 Å². The lowest BCUT2D eigenvalue weighted by molar-refractivity contribution is 0.625. The zero-order valence-electron chi connectivity index (χ0n) is 7.22. The van der Waals surface area contributed by atoms with Crippen molar-refractivity contribution in [3.05, 3.63) is 35.1 Å². The van der Waals surface area contributed by atoms with Crippen LogP contribution in [0.4, 0.5) is 4.39 Å². The van der Waals surface area contributed by atoms with Crippen molar-refractivity contribution in [1.82, 2.24) is 0 Å². The molecule has 3 heteroatoms. The molecule has 1 nitrogen and oxygen atoms in total. The van der Waals surface area contributed by atoms with Crippen LogP contribution < -0.4 is 0 Å². The van der Waals surface area contributed by atoms with Crippen molar-refractivity contribution in [2.45, 2.75) is 18.7 Å². The van der Waals surface area contributed by atoms with E-state index >= 15 is 0 Å². The molecule has 0 amide bonds. The number of benzene rings is 1. The van der Waals surface area contributed by atoms with Crippen LogP contribution in [-0.4, -0.2) is 5.38 Å². The van der Waals surface area contributed by atoms with E-state index in [2.05, 4.69) is 0 Å². The van der Waals surface area contributed by atoms with E-state index in [1.165, 1.54) is 12.1 Å². The summed E-state index contributed by atoms with van der Waals surface area (Å²) in [6, 6.07) is 6.41. The van der Waals surface area contributed by atoms with E-state index in [0.717, 1.165) is 11.1 Å². The summed E-state index contributed by atoms with van der Waals surface area (Å²) >= 11 is 5.66. The Balaban J connectivity index is 2.85. The Bertz CT molecular complexity index is 343. The second-order valence-corrected chi connectivity index (χ2v) is 3.40. The van der Waals surface area contributed by atoms with E-state index in [1.54, 1.807) is 13.0 Å². The van der Waals surface area contributed by atoms with Crippen LogP contribution in [0.1, 0.15) is 11.1 Å². The zero-order chi connectivity index (χ0) is 9.84. The molecule has 68 valence electrons. The molecule has 0 heterocycles. The molecular formula is C10H9ClFN. The fourth-order valence-electron chi connectivity index (χ4n) is 1.13. The molecule has 1 unspecified atom stereocenters. The number of rotatable bonds is 2. The molecule has 0 N–H and O–H groups in total. The average Bonchev–Trinajstić information content (AvgIpc) is 2.09. The van der Waals surface area contributed by atoms with Gasteiger partial charge in [0.05, 0.1) is 6.07 Å². The highest BCUT2D eigenvalue weighted by Crippen LogP contribution is 2.14. The van der Waals surface area contributed by atoms with Crippen molar-refractivity contribution in [1.29, 1.82) is 5.26 Å². The third-order valence-corrected chi connectivity index (χ3v) is 2.10. The fraction of sp³-hybridized carbons (Fsp3) is 0.300. The van der Waals surface area contributed by atoms with Gasteiger partial charge in [0, 0.05) is 6.42 Å². The quantitative estimate of drug-likeness (QED) is 0.669. The molecule has 0 saturated carbocycles. The monoisotopic (exact) mass is 197 g/mol. The predicted molar refractivity (Wildman–Crippen MR) is 50.1 cm³/mol. The van der Waals surface area contributed by atoms with Gasteiger partial charge in [0.15, 0.2) is 0 Å². The largest absolute Gasteiger partial charge is 0.207 e. The Morgan fingerprint density at radius 3 is 2.85 bits per heavy atom. The molecule has 1 aromatic carbocycles. The molecule has 1 atom stereocenters. The van der Waals surface area contributed by atoms with Gasteiger partial charge in [-0.2, -0.15) is 5.26 Å². The summed E-state index contributed by atoms with van der Waals surface area (Å²) in [6.45, 7) is 1.80. The van der Waals surface area contributed by atoms with Gasteiger partial charge in [-0.3, -0.25) is 0 Å². The maximum atomic E-state index is 12.7. The number of alkyl halides is 1. The third-order valence-electron chi connectivity index (χ3n) is 1.84. The Morgan fingerprint density at radius 1 is 1.62 bits per heavy atom. The molecule has 13 heavy (non-hydrogen) atoms. The molecule has 0 radical (unpaired) electrons. The van der Waals surface area contributed by atoms with E-state index in [4.69, 9.17) is 16.9 Å². The summed E-state index contributed by atoms with van der Waals surface area (Å²) in [6.07, 6.45) is 0.462. The van der Waals surface area contributed by atoms with Gasteiger partial charge in [-0.25, -0.2) is 4.39 Å². The Kier molecular flexibility index (Phi) is 3.27. The number of aryl methyl sites for hydroxylation is 1. The molecule has 0 bridgehead atoms. The van der Waals surface area contributed by atoms with Crippen LogP contribution in [0, 0.1) is 24.1 Å². The van der Waals surface area contributed by atoms with Gasteiger partial charge in [0.25, 0.3) is 0 Å². The molecule has 0 fully saturated rings. The normalized spacial score (nSPS) is 12.2. The fourth-order valence-corrected chi connectivity index (χ4v) is 1.29. The molecule has 0 aliphatic heterocycles. The smallest absolute Gasteiger partial charge is 0.124 e. The van der Waals surface area contributed by atoms with E-state index in [9.17, 15) is 4.39 Å². The molecular weight excluding hydrogens is 189 g/mol. The van der Waals surface area contributed by atoms with Crippen LogP contribution in [0.15, 0.2) is 18.2 Å². The summed E-state index contributed by atoms with van der Waals surface area (Å²) in [5.41, 5.74) is 1.75. The van der Waals surface area contributed by atoms with Crippen LogP contribution in [0.25, 0.3) is 0 Å². The average molecular weight is 198 g/mol. The number of hydrogen-bond donors (Lipinski definition) is 0. The van der Waals surface area contributed by atoms with Crippen molar-refractivity contribution >= 4 is 11.6 Å². The van der Waals surface area contributed by atoms with Gasteiger partial charge in [0.2, 0.25) is 0 Å². The van der Waals surface area contributed by atoms with Gasteiger partial charge in [-0.05, 0) is 30.2 Å². The lowest BCUT2D eigenvalue weighted by Crippen LogP contribution is -2.01. The van der Waals surface area contributed by atoms with Crippen LogP contribution in [0.5, 0.6) is 0 Å². The van der Waals surface area contributed by atoms with Crippen molar-refractivity contribution in [2.24, 2.45) is 0 Å². The lowest BCUT2D eigenvalue weighted by atomic mass is 10.0. The van der Waals surface area contributed by atoms with Crippen molar-refractivity contribution in [3.63, 3.8) is 0 Å². The lowest BCUT2D eigenvalue weighted by Gasteiger charge is -2.05. The predicted octanol–water partition coefficient (Wildman–Crippen LogP) is 2.81. The first-order valence-corrected chi connectivity index (χ1v) is 4.36. The van der Waals surface area contributed by atoms with E-state index in [0.29, 0.717) is 6.42 Å². The first-order chi connectivity index (χ1) is 6.13. The minimum absolute atomic E-state index is 0.260. The van der Waals surface area contributed by atoms with Crippen LogP contribution >= 0.6 is 11.6 Å². The summed E-state index contributed by atoms with van der Waals surface area (Å²) in [7, 11) is 0. The summed E-state index contributed by atoms with van der Waals surface area (Å²) in [4.78, 5) is 0. The van der Waals surface area contributed by atoms with E-state index in [1.807, 2.05) is 6.07 Å². The minimum Gasteiger partial charge on any atom is -0.207 e. The van der Waals surface area contributed by atoms with Crippen molar-refractivity contribution in [3.8, 4) is 6.07 Å². The minimum atomic E-state index is -0.538. The number of hydrogen-bond acceptors (Lipinski definition) is 1. The van der Waals surface area contributed by atoms with Gasteiger partial charge in [-0.15, -0.1) is 11.6 Å². The second-order valence-electron chi connectivity index (χ2n) is 2.87. The highest BCUT2D eigenvalue weighted by Gasteiger charge is 2.06. The Morgan fingerprint density at radius 2 is 2.31 bits per heavy atom. The van der Waals surface area contributed by atoms with Crippen LogP contribution in [0.3, 0.4) is 0 Å². The van der Waals surface area contributed by atoms with Crippen molar-refractivity contribution in [2.75, 3.05) is 0 Å². The Hall–Kier alpha value is -1.07. The Labute approximate surface area is 81.8 Å². The van der Waals surface area contributed by atoms with Gasteiger partial charge >= 0.3 is 0 Å². The molecule has 0 aliphatic rings. The van der Waals surface area contributed by atoms with Gasteiger partial charge in [-0.1, -0.05) is 6.07 Å². The topological polar surface area (TPSA) is 23.8 Å². The number of nitrogens with zero attached hydrogens (tertiary/aromatic N) is 1. The number of halogens is 2. The molecule has 0 spiro atoms. The molecule has 0 aliphatic carbocycles. The maximum Gasteiger partial charge on any atom is 0.124 e. The SMILES string of the molecule is Cc1cc(F)ccc1CC(Cl)C#N. The van der Waals surface area contributed by atoms with E-state index in [-0.39, 0.29) is 5.82 Å². The van der Waals surface area contributed by atoms with Gasteiger partial charge < -0.3 is 0 Å². The standard InChI is InChI=1S/C10H9ClFN/c1-7-4-10(12)3-2-8(7)5-9(11)6-13/h2-4,9H,5H2,1H3. The molecule has 0 saturated heterocycles. The summed E-state index contributed by atoms with van der Waals surface area (Å²) < 4.78 is 12.7.